The van der Waals surface area contributed by atoms with E-state index in [1.54, 1.807) is 0 Å². The first kappa shape index (κ1) is 10.6. The molecule has 84 valence electrons. The van der Waals surface area contributed by atoms with E-state index in [4.69, 9.17) is 14.7 Å². The van der Waals surface area contributed by atoms with E-state index in [0.717, 1.165) is 31.4 Å². The molecule has 1 atom stereocenters. The van der Waals surface area contributed by atoms with Crippen molar-refractivity contribution in [2.75, 3.05) is 13.2 Å². The van der Waals surface area contributed by atoms with Gasteiger partial charge in [0.1, 0.15) is 0 Å². The van der Waals surface area contributed by atoms with Gasteiger partial charge in [0.05, 0.1) is 18.9 Å². The highest BCUT2D eigenvalue weighted by Crippen LogP contribution is 2.38. The van der Waals surface area contributed by atoms with Crippen LogP contribution in [0.25, 0.3) is 0 Å². The molecule has 1 N–H and O–H groups in total. The molecule has 0 radical (unpaired) electrons. The maximum atomic E-state index is 8.89. The van der Waals surface area contributed by atoms with Gasteiger partial charge in [0.2, 0.25) is 0 Å². The maximum Gasteiger partial charge on any atom is 0.169 e. The zero-order valence-electron chi connectivity index (χ0n) is 8.82. The summed E-state index contributed by atoms with van der Waals surface area (Å²) in [5.74, 6) is -0.207. The van der Waals surface area contributed by atoms with Gasteiger partial charge in [-0.25, -0.2) is 0 Å². The molecule has 0 bridgehead atoms. The molecule has 1 unspecified atom stereocenters. The van der Waals surface area contributed by atoms with Crippen molar-refractivity contribution in [1.82, 2.24) is 0 Å². The zero-order chi connectivity index (χ0) is 10.7. The van der Waals surface area contributed by atoms with Crippen LogP contribution in [0, 0.1) is 5.92 Å². The van der Waals surface area contributed by atoms with Gasteiger partial charge in [0, 0.05) is 18.8 Å². The van der Waals surface area contributed by atoms with Crippen molar-refractivity contribution in [3.8, 4) is 0 Å². The van der Waals surface area contributed by atoms with Crippen molar-refractivity contribution in [2.24, 2.45) is 11.1 Å². The van der Waals surface area contributed by atoms with Crippen molar-refractivity contribution < 1.29 is 14.7 Å². The van der Waals surface area contributed by atoms with E-state index in [-0.39, 0.29) is 5.92 Å². The summed E-state index contributed by atoms with van der Waals surface area (Å²) in [5, 5.41) is 12.3. The predicted octanol–water partition coefficient (Wildman–Crippen LogP) is 1.94. The minimum atomic E-state index is -0.415. The number of allylic oxidation sites excluding steroid dienone is 1. The largest absolute Gasteiger partial charge is 0.411 e. The van der Waals surface area contributed by atoms with Gasteiger partial charge in [-0.05, 0) is 12.8 Å². The second-order valence-electron chi connectivity index (χ2n) is 4.12. The van der Waals surface area contributed by atoms with Gasteiger partial charge in [0.25, 0.3) is 0 Å². The van der Waals surface area contributed by atoms with E-state index in [9.17, 15) is 0 Å². The topological polar surface area (TPSA) is 51.1 Å². The third-order valence-corrected chi connectivity index (χ3v) is 3.18. The first-order chi connectivity index (χ1) is 7.29. The van der Waals surface area contributed by atoms with Gasteiger partial charge in [-0.2, -0.15) is 0 Å². The van der Waals surface area contributed by atoms with Crippen LogP contribution in [0.4, 0.5) is 0 Å². The molecule has 15 heavy (non-hydrogen) atoms. The number of hydrogen-bond donors (Lipinski definition) is 1. The molecule has 0 amide bonds. The third kappa shape index (κ3) is 2.06. The lowest BCUT2D eigenvalue weighted by atomic mass is 9.81. The van der Waals surface area contributed by atoms with Gasteiger partial charge in [0.15, 0.2) is 5.79 Å². The predicted molar refractivity (Wildman–Crippen MR) is 56.0 cm³/mol. The van der Waals surface area contributed by atoms with Crippen molar-refractivity contribution in [2.45, 2.75) is 31.5 Å². The Bertz CT molecular complexity index is 269. The summed E-state index contributed by atoms with van der Waals surface area (Å²) in [6, 6.07) is 0. The fourth-order valence-corrected chi connectivity index (χ4v) is 2.43. The van der Waals surface area contributed by atoms with Crippen LogP contribution in [0.1, 0.15) is 25.7 Å². The molecular formula is C11H17NO3. The minimum Gasteiger partial charge on any atom is -0.411 e. The van der Waals surface area contributed by atoms with Crippen molar-refractivity contribution in [3.63, 3.8) is 0 Å². The molecule has 1 saturated carbocycles. The SMILES string of the molecule is C=CCC1CC2(CC/C1=N/O)OCCO2. The molecule has 2 aliphatic rings. The highest BCUT2D eigenvalue weighted by Gasteiger charge is 2.43. The summed E-state index contributed by atoms with van der Waals surface area (Å²) in [6.45, 7) is 5.07. The first-order valence-electron chi connectivity index (χ1n) is 5.39. The number of nitrogens with zero attached hydrogens (tertiary/aromatic N) is 1. The van der Waals surface area contributed by atoms with Crippen LogP contribution in [-0.2, 0) is 9.47 Å². The fourth-order valence-electron chi connectivity index (χ4n) is 2.43. The molecule has 1 aliphatic carbocycles. The lowest BCUT2D eigenvalue weighted by Gasteiger charge is -2.36. The molecule has 2 fully saturated rings. The molecule has 1 heterocycles. The zero-order valence-corrected chi connectivity index (χ0v) is 8.82. The van der Waals surface area contributed by atoms with Crippen molar-refractivity contribution in [1.29, 1.82) is 0 Å². The van der Waals surface area contributed by atoms with Gasteiger partial charge in [-0.1, -0.05) is 11.2 Å². The van der Waals surface area contributed by atoms with Crippen LogP contribution < -0.4 is 0 Å². The summed E-state index contributed by atoms with van der Waals surface area (Å²) in [4.78, 5) is 0. The summed E-state index contributed by atoms with van der Waals surface area (Å²) in [5.41, 5.74) is 0.847. The Morgan fingerprint density at radius 2 is 2.27 bits per heavy atom. The molecule has 1 spiro atoms. The van der Waals surface area contributed by atoms with E-state index in [0.29, 0.717) is 13.2 Å². The Kier molecular flexibility index (Phi) is 3.07. The summed E-state index contributed by atoms with van der Waals surface area (Å²) in [6.07, 6.45) is 4.98. The van der Waals surface area contributed by atoms with Crippen LogP contribution >= 0.6 is 0 Å². The number of ether oxygens (including phenoxy) is 2. The smallest absolute Gasteiger partial charge is 0.169 e. The number of rotatable bonds is 2. The molecule has 1 aliphatic heterocycles. The number of oxime groups is 1. The Balaban J connectivity index is 2.08. The maximum absolute atomic E-state index is 8.89. The Labute approximate surface area is 89.6 Å². The van der Waals surface area contributed by atoms with E-state index in [1.165, 1.54) is 0 Å². The van der Waals surface area contributed by atoms with Crippen molar-refractivity contribution in [3.05, 3.63) is 12.7 Å². The van der Waals surface area contributed by atoms with Gasteiger partial charge in [-0.15, -0.1) is 6.58 Å². The van der Waals surface area contributed by atoms with Gasteiger partial charge < -0.3 is 14.7 Å². The normalized spacial score (nSPS) is 32.3. The molecule has 0 aromatic rings. The van der Waals surface area contributed by atoms with Crippen LogP contribution in [0.2, 0.25) is 0 Å². The molecule has 2 rings (SSSR count). The monoisotopic (exact) mass is 211 g/mol. The van der Waals surface area contributed by atoms with Gasteiger partial charge >= 0.3 is 0 Å². The highest BCUT2D eigenvalue weighted by atomic mass is 16.7. The number of hydrogen-bond acceptors (Lipinski definition) is 4. The average molecular weight is 211 g/mol. The Hall–Kier alpha value is -0.870. The molecular weight excluding hydrogens is 194 g/mol. The summed E-state index contributed by atoms with van der Waals surface area (Å²) in [7, 11) is 0. The second kappa shape index (κ2) is 4.33. The van der Waals surface area contributed by atoms with E-state index in [1.807, 2.05) is 6.08 Å². The van der Waals surface area contributed by atoms with Crippen LogP contribution in [0.3, 0.4) is 0 Å². The molecule has 0 aromatic carbocycles. The Morgan fingerprint density at radius 1 is 1.53 bits per heavy atom. The average Bonchev–Trinajstić information content (AvgIpc) is 2.68. The Morgan fingerprint density at radius 3 is 2.87 bits per heavy atom. The van der Waals surface area contributed by atoms with E-state index >= 15 is 0 Å². The quantitative estimate of drug-likeness (QED) is 0.431. The van der Waals surface area contributed by atoms with Crippen molar-refractivity contribution >= 4 is 5.71 Å². The second-order valence-corrected chi connectivity index (χ2v) is 4.12. The standard InChI is InChI=1S/C11H17NO3/c1-2-3-9-8-11(14-6-7-15-11)5-4-10(9)12-13/h2,9,13H,1,3-8H2/b12-10-. The van der Waals surface area contributed by atoms with Crippen LogP contribution in [0.5, 0.6) is 0 Å². The molecule has 1 saturated heterocycles. The van der Waals surface area contributed by atoms with Crippen LogP contribution in [0.15, 0.2) is 17.8 Å². The third-order valence-electron chi connectivity index (χ3n) is 3.18. The highest BCUT2D eigenvalue weighted by molar-refractivity contribution is 5.87. The first-order valence-corrected chi connectivity index (χ1v) is 5.39. The lowest BCUT2D eigenvalue weighted by Crippen LogP contribution is -2.40. The van der Waals surface area contributed by atoms with E-state index < -0.39 is 5.79 Å². The lowest BCUT2D eigenvalue weighted by molar-refractivity contribution is -0.174. The molecule has 4 nitrogen and oxygen atoms in total. The van der Waals surface area contributed by atoms with Gasteiger partial charge in [-0.3, -0.25) is 0 Å². The molecule has 0 aromatic heterocycles. The summed E-state index contributed by atoms with van der Waals surface area (Å²) >= 11 is 0. The minimum absolute atomic E-state index is 0.208. The van der Waals surface area contributed by atoms with E-state index in [2.05, 4.69) is 11.7 Å². The summed E-state index contributed by atoms with van der Waals surface area (Å²) < 4.78 is 11.3. The fraction of sp³-hybridized carbons (Fsp3) is 0.727. The van der Waals surface area contributed by atoms with Crippen LogP contribution in [-0.4, -0.2) is 29.9 Å². The molecule has 4 heteroatoms.